The number of hydrogen-bond acceptors (Lipinski definition) is 3. The van der Waals surface area contributed by atoms with Crippen molar-refractivity contribution in [1.29, 1.82) is 0 Å². The highest BCUT2D eigenvalue weighted by Gasteiger charge is 2.48. The Kier molecular flexibility index (Phi) is 5.06. The molecule has 2 atom stereocenters. The van der Waals surface area contributed by atoms with Crippen molar-refractivity contribution in [2.45, 2.75) is 46.0 Å². The van der Waals surface area contributed by atoms with Crippen molar-refractivity contribution < 1.29 is 14.3 Å². The second-order valence-electron chi connectivity index (χ2n) is 6.40. The number of nitrogens with zero attached hydrogens (tertiary/aromatic N) is 1. The molecule has 2 fully saturated rings. The van der Waals surface area contributed by atoms with E-state index in [1.807, 2.05) is 0 Å². The van der Waals surface area contributed by atoms with Gasteiger partial charge in [0.05, 0.1) is 7.11 Å². The number of amides is 1. The Balaban J connectivity index is 1.96. The Morgan fingerprint density at radius 1 is 1.15 bits per heavy atom. The molecule has 4 heteroatoms. The second-order valence-corrected chi connectivity index (χ2v) is 6.40. The van der Waals surface area contributed by atoms with Gasteiger partial charge in [0.1, 0.15) is 6.54 Å². The first kappa shape index (κ1) is 15.3. The van der Waals surface area contributed by atoms with E-state index in [1.165, 1.54) is 13.5 Å². The zero-order valence-corrected chi connectivity index (χ0v) is 12.9. The maximum absolute atomic E-state index is 12.6. The molecule has 0 heterocycles. The summed E-state index contributed by atoms with van der Waals surface area (Å²) in [6.07, 6.45) is 5.45. The molecule has 0 N–H and O–H groups in total. The van der Waals surface area contributed by atoms with Gasteiger partial charge in [-0.15, -0.1) is 0 Å². The number of ether oxygens (including phenoxy) is 1. The summed E-state index contributed by atoms with van der Waals surface area (Å²) in [6.45, 7) is 5.07. The number of methoxy groups -OCH3 is 1. The van der Waals surface area contributed by atoms with Crippen LogP contribution in [0.15, 0.2) is 0 Å². The normalized spacial score (nSPS) is 27.3. The van der Waals surface area contributed by atoms with Gasteiger partial charge < -0.3 is 9.64 Å². The Bertz CT molecular complexity index is 355. The summed E-state index contributed by atoms with van der Waals surface area (Å²) in [5, 5.41) is 0. The average molecular weight is 281 g/mol. The SMILES string of the molecule is CCC(CC)CN(CC(=O)OC)C(=O)C1CC2CC2C1. The van der Waals surface area contributed by atoms with Gasteiger partial charge in [0, 0.05) is 12.5 Å². The maximum atomic E-state index is 12.6. The minimum atomic E-state index is -0.313. The van der Waals surface area contributed by atoms with Crippen LogP contribution in [0.25, 0.3) is 0 Å². The van der Waals surface area contributed by atoms with Gasteiger partial charge in [-0.05, 0) is 37.0 Å². The minimum Gasteiger partial charge on any atom is -0.468 e. The van der Waals surface area contributed by atoms with Crippen LogP contribution in [0.5, 0.6) is 0 Å². The topological polar surface area (TPSA) is 46.6 Å². The highest BCUT2D eigenvalue weighted by molar-refractivity contribution is 5.84. The molecule has 0 aromatic carbocycles. The van der Waals surface area contributed by atoms with Gasteiger partial charge in [0.25, 0.3) is 0 Å². The molecular formula is C16H27NO3. The first-order valence-electron chi connectivity index (χ1n) is 7.94. The van der Waals surface area contributed by atoms with E-state index in [0.29, 0.717) is 12.5 Å². The molecule has 0 aliphatic heterocycles. The van der Waals surface area contributed by atoms with Gasteiger partial charge in [0.2, 0.25) is 5.91 Å². The third kappa shape index (κ3) is 3.53. The lowest BCUT2D eigenvalue weighted by atomic mass is 9.99. The van der Waals surface area contributed by atoms with E-state index in [9.17, 15) is 9.59 Å². The smallest absolute Gasteiger partial charge is 0.325 e. The summed E-state index contributed by atoms with van der Waals surface area (Å²) < 4.78 is 4.74. The standard InChI is InChI=1S/C16H27NO3/c1-4-11(5-2)9-17(10-15(18)20-3)16(19)14-7-12-6-13(12)8-14/h11-14H,4-10H2,1-3H3. The molecule has 0 bridgehead atoms. The fourth-order valence-corrected chi connectivity index (χ4v) is 3.49. The third-order valence-electron chi connectivity index (χ3n) is 5.09. The molecule has 20 heavy (non-hydrogen) atoms. The summed E-state index contributed by atoms with van der Waals surface area (Å²) >= 11 is 0. The van der Waals surface area contributed by atoms with Crippen molar-refractivity contribution in [3.05, 3.63) is 0 Å². The average Bonchev–Trinajstić information content (AvgIpc) is 3.08. The van der Waals surface area contributed by atoms with Crippen LogP contribution < -0.4 is 0 Å². The molecule has 4 nitrogen and oxygen atoms in total. The number of hydrogen-bond donors (Lipinski definition) is 0. The van der Waals surface area contributed by atoms with Crippen LogP contribution >= 0.6 is 0 Å². The van der Waals surface area contributed by atoms with Crippen LogP contribution in [0.2, 0.25) is 0 Å². The Hall–Kier alpha value is -1.06. The molecule has 2 aliphatic rings. The predicted octanol–water partition coefficient (Wildman–Crippen LogP) is 2.47. The van der Waals surface area contributed by atoms with Crippen LogP contribution in [0.1, 0.15) is 46.0 Å². The van der Waals surface area contributed by atoms with Crippen LogP contribution in [-0.4, -0.2) is 37.0 Å². The highest BCUT2D eigenvalue weighted by Crippen LogP contribution is 2.54. The van der Waals surface area contributed by atoms with Crippen LogP contribution in [0, 0.1) is 23.7 Å². The Morgan fingerprint density at radius 3 is 2.25 bits per heavy atom. The lowest BCUT2D eigenvalue weighted by Crippen LogP contribution is -2.42. The molecule has 2 aliphatic carbocycles. The van der Waals surface area contributed by atoms with Gasteiger partial charge in [-0.1, -0.05) is 26.7 Å². The molecule has 114 valence electrons. The molecule has 2 saturated carbocycles. The number of carbonyl (C=O) groups excluding carboxylic acids is 2. The number of fused-ring (bicyclic) bond motifs is 1. The quantitative estimate of drug-likeness (QED) is 0.673. The fourth-order valence-electron chi connectivity index (χ4n) is 3.49. The Labute approximate surface area is 121 Å². The van der Waals surface area contributed by atoms with E-state index in [1.54, 1.807) is 4.90 Å². The number of rotatable bonds is 7. The van der Waals surface area contributed by atoms with E-state index < -0.39 is 0 Å². The van der Waals surface area contributed by atoms with E-state index >= 15 is 0 Å². The van der Waals surface area contributed by atoms with Crippen LogP contribution in [-0.2, 0) is 14.3 Å². The zero-order chi connectivity index (χ0) is 14.7. The third-order valence-corrected chi connectivity index (χ3v) is 5.09. The largest absolute Gasteiger partial charge is 0.468 e. The molecule has 0 spiro atoms. The van der Waals surface area contributed by atoms with Crippen molar-refractivity contribution in [3.63, 3.8) is 0 Å². The van der Waals surface area contributed by atoms with Crippen molar-refractivity contribution in [1.82, 2.24) is 4.90 Å². The summed E-state index contributed by atoms with van der Waals surface area (Å²) in [5.41, 5.74) is 0. The van der Waals surface area contributed by atoms with Gasteiger partial charge in [0.15, 0.2) is 0 Å². The minimum absolute atomic E-state index is 0.109. The van der Waals surface area contributed by atoms with E-state index in [-0.39, 0.29) is 24.3 Å². The summed E-state index contributed by atoms with van der Waals surface area (Å²) in [6, 6.07) is 0. The number of esters is 1. The summed E-state index contributed by atoms with van der Waals surface area (Å²) in [4.78, 5) is 26.0. The van der Waals surface area contributed by atoms with Crippen molar-refractivity contribution >= 4 is 11.9 Å². The van der Waals surface area contributed by atoms with Crippen LogP contribution in [0.4, 0.5) is 0 Å². The highest BCUT2D eigenvalue weighted by atomic mass is 16.5. The molecule has 1 amide bonds. The van der Waals surface area contributed by atoms with E-state index in [0.717, 1.165) is 37.5 Å². The van der Waals surface area contributed by atoms with Gasteiger partial charge in [-0.25, -0.2) is 0 Å². The summed E-state index contributed by atoms with van der Waals surface area (Å²) in [7, 11) is 1.38. The summed E-state index contributed by atoms with van der Waals surface area (Å²) in [5.74, 6) is 2.06. The van der Waals surface area contributed by atoms with Crippen molar-refractivity contribution in [3.8, 4) is 0 Å². The molecule has 0 aromatic rings. The van der Waals surface area contributed by atoms with E-state index in [4.69, 9.17) is 4.74 Å². The van der Waals surface area contributed by atoms with Crippen molar-refractivity contribution in [2.24, 2.45) is 23.7 Å². The zero-order valence-electron chi connectivity index (χ0n) is 12.9. The van der Waals surface area contributed by atoms with E-state index in [2.05, 4.69) is 13.8 Å². The first-order valence-corrected chi connectivity index (χ1v) is 7.94. The van der Waals surface area contributed by atoms with Crippen LogP contribution in [0.3, 0.4) is 0 Å². The van der Waals surface area contributed by atoms with Gasteiger partial charge >= 0.3 is 5.97 Å². The molecule has 2 rings (SSSR count). The molecular weight excluding hydrogens is 254 g/mol. The van der Waals surface area contributed by atoms with Gasteiger partial charge in [-0.2, -0.15) is 0 Å². The first-order chi connectivity index (χ1) is 9.58. The molecule has 2 unspecified atom stereocenters. The number of carbonyl (C=O) groups is 2. The second kappa shape index (κ2) is 6.59. The maximum Gasteiger partial charge on any atom is 0.325 e. The monoisotopic (exact) mass is 281 g/mol. The molecule has 0 radical (unpaired) electrons. The van der Waals surface area contributed by atoms with Gasteiger partial charge in [-0.3, -0.25) is 9.59 Å². The lowest BCUT2D eigenvalue weighted by molar-refractivity contribution is -0.149. The Morgan fingerprint density at radius 2 is 1.75 bits per heavy atom. The fraction of sp³-hybridized carbons (Fsp3) is 0.875. The molecule has 0 saturated heterocycles. The van der Waals surface area contributed by atoms with Crippen molar-refractivity contribution in [2.75, 3.05) is 20.2 Å². The lowest BCUT2D eigenvalue weighted by Gasteiger charge is -2.28. The molecule has 0 aromatic heterocycles. The predicted molar refractivity (Wildman–Crippen MR) is 77.0 cm³/mol.